The minimum Gasteiger partial charge on any atom is -0.368 e. The van der Waals surface area contributed by atoms with E-state index in [1.807, 2.05) is 18.9 Å². The second-order valence-corrected chi connectivity index (χ2v) is 8.55. The zero-order valence-electron chi connectivity index (χ0n) is 18.0. The maximum Gasteiger partial charge on any atom is 0.237 e. The SMILES string of the molecule is CCc1c(C#N)c(SC(C(N)=O)c2ncccc2F)nc(N2CCCN(C)CC2)c1C#N. The molecule has 32 heavy (non-hydrogen) atoms. The van der Waals surface area contributed by atoms with Crippen molar-refractivity contribution in [2.75, 3.05) is 38.1 Å². The summed E-state index contributed by atoms with van der Waals surface area (Å²) in [4.78, 5) is 25.1. The van der Waals surface area contributed by atoms with Crippen LogP contribution in [0.3, 0.4) is 0 Å². The first-order chi connectivity index (χ1) is 15.4. The quantitative estimate of drug-likeness (QED) is 0.662. The number of halogens is 1. The third-order valence-corrected chi connectivity index (χ3v) is 6.58. The molecule has 3 rings (SSSR count). The van der Waals surface area contributed by atoms with Gasteiger partial charge in [0.05, 0.1) is 16.8 Å². The Morgan fingerprint density at radius 3 is 2.66 bits per heavy atom. The number of pyridine rings is 2. The van der Waals surface area contributed by atoms with Gasteiger partial charge >= 0.3 is 0 Å². The molecule has 1 fully saturated rings. The standard InChI is InChI=1S/C22H24FN7OS/c1-3-14-15(12-24)21(30-9-5-8-29(2)10-11-30)28-22(16(14)13-25)32-19(20(26)31)18-17(23)6-4-7-27-18/h4,6-7,19H,3,5,8-11H2,1-2H3,(H2,26,31). The van der Waals surface area contributed by atoms with E-state index in [1.54, 1.807) is 0 Å². The molecule has 0 aliphatic carbocycles. The van der Waals surface area contributed by atoms with Crippen molar-refractivity contribution in [2.24, 2.45) is 5.73 Å². The number of aromatic nitrogens is 2. The highest BCUT2D eigenvalue weighted by Crippen LogP contribution is 2.39. The van der Waals surface area contributed by atoms with Crippen LogP contribution in [0, 0.1) is 28.5 Å². The monoisotopic (exact) mass is 453 g/mol. The second kappa shape index (κ2) is 10.4. The predicted molar refractivity (Wildman–Crippen MR) is 119 cm³/mol. The fraction of sp³-hybridized carbons (Fsp3) is 0.409. The Kier molecular flexibility index (Phi) is 7.62. The van der Waals surface area contributed by atoms with Crippen molar-refractivity contribution >= 4 is 23.5 Å². The summed E-state index contributed by atoms with van der Waals surface area (Å²) >= 11 is 0.891. The van der Waals surface area contributed by atoms with Crippen LogP contribution in [-0.4, -0.2) is 54.0 Å². The second-order valence-electron chi connectivity index (χ2n) is 7.46. The topological polar surface area (TPSA) is 123 Å². The van der Waals surface area contributed by atoms with Crippen LogP contribution in [-0.2, 0) is 11.2 Å². The number of hydrogen-bond donors (Lipinski definition) is 1. The molecule has 1 unspecified atom stereocenters. The van der Waals surface area contributed by atoms with Crippen LogP contribution >= 0.6 is 11.8 Å². The van der Waals surface area contributed by atoms with Crippen molar-refractivity contribution in [3.8, 4) is 12.1 Å². The Morgan fingerprint density at radius 2 is 2.03 bits per heavy atom. The van der Waals surface area contributed by atoms with E-state index in [9.17, 15) is 19.7 Å². The lowest BCUT2D eigenvalue weighted by Gasteiger charge is -2.25. The van der Waals surface area contributed by atoms with Gasteiger partial charge < -0.3 is 15.5 Å². The number of hydrogen-bond acceptors (Lipinski definition) is 8. The third kappa shape index (κ3) is 4.82. The van der Waals surface area contributed by atoms with Crippen LogP contribution in [0.15, 0.2) is 23.4 Å². The van der Waals surface area contributed by atoms with E-state index >= 15 is 0 Å². The van der Waals surface area contributed by atoms with E-state index in [0.717, 1.165) is 31.3 Å². The van der Waals surface area contributed by atoms with Crippen molar-refractivity contribution in [3.63, 3.8) is 0 Å². The number of thioether (sulfide) groups is 1. The van der Waals surface area contributed by atoms with Crippen molar-refractivity contribution in [1.29, 1.82) is 10.5 Å². The number of likely N-dealkylation sites (N-methyl/N-ethyl adjacent to an activating group) is 1. The lowest BCUT2D eigenvalue weighted by molar-refractivity contribution is -0.117. The lowest BCUT2D eigenvalue weighted by atomic mass is 10.0. The maximum atomic E-state index is 14.4. The van der Waals surface area contributed by atoms with Crippen LogP contribution in [0.2, 0.25) is 0 Å². The van der Waals surface area contributed by atoms with Crippen LogP contribution < -0.4 is 10.6 Å². The van der Waals surface area contributed by atoms with Crippen LogP contribution in [0.4, 0.5) is 10.2 Å². The van der Waals surface area contributed by atoms with E-state index in [2.05, 4.69) is 27.0 Å². The van der Waals surface area contributed by atoms with Gasteiger partial charge in [0.1, 0.15) is 34.0 Å². The van der Waals surface area contributed by atoms with Crippen molar-refractivity contribution in [1.82, 2.24) is 14.9 Å². The van der Waals surface area contributed by atoms with Gasteiger partial charge in [-0.2, -0.15) is 10.5 Å². The average molecular weight is 454 g/mol. The van der Waals surface area contributed by atoms with E-state index in [1.165, 1.54) is 18.3 Å². The molecule has 0 bridgehead atoms. The van der Waals surface area contributed by atoms with Gasteiger partial charge in [0.15, 0.2) is 0 Å². The molecule has 166 valence electrons. The van der Waals surface area contributed by atoms with E-state index < -0.39 is 17.0 Å². The number of primary amides is 1. The molecule has 0 radical (unpaired) electrons. The molecule has 0 aromatic carbocycles. The largest absolute Gasteiger partial charge is 0.368 e. The highest BCUT2D eigenvalue weighted by molar-refractivity contribution is 8.00. The van der Waals surface area contributed by atoms with Crippen molar-refractivity contribution in [3.05, 3.63) is 46.5 Å². The summed E-state index contributed by atoms with van der Waals surface area (Å²) in [6.45, 7) is 4.97. The van der Waals surface area contributed by atoms with E-state index in [0.29, 0.717) is 36.5 Å². The molecule has 1 saturated heterocycles. The van der Waals surface area contributed by atoms with Gasteiger partial charge in [0.25, 0.3) is 0 Å². The molecule has 1 atom stereocenters. The molecule has 1 aliphatic rings. The van der Waals surface area contributed by atoms with Crippen molar-refractivity contribution < 1.29 is 9.18 Å². The van der Waals surface area contributed by atoms with Gasteiger partial charge in [-0.25, -0.2) is 9.37 Å². The summed E-state index contributed by atoms with van der Waals surface area (Å²) in [5.74, 6) is -0.980. The van der Waals surface area contributed by atoms with Gasteiger partial charge in [-0.3, -0.25) is 9.78 Å². The molecule has 10 heteroatoms. The first kappa shape index (κ1) is 23.5. The predicted octanol–water partition coefficient (Wildman–Crippen LogP) is 2.38. The molecule has 3 heterocycles. The summed E-state index contributed by atoms with van der Waals surface area (Å²) < 4.78 is 14.4. The minimum absolute atomic E-state index is 0.115. The third-order valence-electron chi connectivity index (χ3n) is 5.37. The Labute approximate surface area is 190 Å². The number of rotatable bonds is 6. The molecular weight excluding hydrogens is 429 g/mol. The number of carbonyl (C=O) groups is 1. The van der Waals surface area contributed by atoms with Gasteiger partial charge in [0, 0.05) is 25.8 Å². The van der Waals surface area contributed by atoms with E-state index in [4.69, 9.17) is 5.73 Å². The maximum absolute atomic E-state index is 14.4. The highest BCUT2D eigenvalue weighted by atomic mass is 32.2. The molecular formula is C22H24FN7OS. The Hall–Kier alpha value is -3.21. The average Bonchev–Trinajstić information content (AvgIpc) is 3.01. The molecule has 0 saturated carbocycles. The van der Waals surface area contributed by atoms with Crippen LogP contribution in [0.1, 0.15) is 41.0 Å². The molecule has 1 amide bonds. The highest BCUT2D eigenvalue weighted by Gasteiger charge is 2.29. The number of nitriles is 2. The zero-order valence-corrected chi connectivity index (χ0v) is 18.8. The molecule has 8 nitrogen and oxygen atoms in total. The smallest absolute Gasteiger partial charge is 0.237 e. The number of anilines is 1. The molecule has 1 aliphatic heterocycles. The summed E-state index contributed by atoms with van der Waals surface area (Å²) in [5.41, 5.74) is 6.58. The van der Waals surface area contributed by atoms with E-state index in [-0.39, 0.29) is 16.3 Å². The number of nitrogens with two attached hydrogens (primary N) is 1. The summed E-state index contributed by atoms with van der Waals surface area (Å²) in [6, 6.07) is 6.97. The lowest BCUT2D eigenvalue weighted by Crippen LogP contribution is -2.30. The van der Waals surface area contributed by atoms with Crippen molar-refractivity contribution in [2.45, 2.75) is 30.0 Å². The molecule has 2 N–H and O–H groups in total. The van der Waals surface area contributed by atoms with Gasteiger partial charge in [-0.1, -0.05) is 18.7 Å². The summed E-state index contributed by atoms with van der Waals surface area (Å²) in [5, 5.41) is 18.8. The Bertz CT molecular complexity index is 1090. The minimum atomic E-state index is -1.17. The summed E-state index contributed by atoms with van der Waals surface area (Å²) in [7, 11) is 2.04. The van der Waals surface area contributed by atoms with Gasteiger partial charge in [0.2, 0.25) is 5.91 Å². The molecule has 0 spiro atoms. The number of amides is 1. The van der Waals surface area contributed by atoms with Gasteiger partial charge in [-0.15, -0.1) is 0 Å². The Morgan fingerprint density at radius 1 is 1.28 bits per heavy atom. The molecule has 2 aromatic rings. The number of nitrogens with zero attached hydrogens (tertiary/aromatic N) is 6. The Balaban J connectivity index is 2.14. The first-order valence-corrected chi connectivity index (χ1v) is 11.2. The number of carbonyl (C=O) groups excluding carboxylic acids is 1. The van der Waals surface area contributed by atoms with Gasteiger partial charge in [-0.05, 0) is 44.1 Å². The normalized spacial score (nSPS) is 15.5. The molecule has 2 aromatic heterocycles. The fourth-order valence-electron chi connectivity index (χ4n) is 3.71. The zero-order chi connectivity index (χ0) is 23.3. The summed E-state index contributed by atoms with van der Waals surface area (Å²) in [6.07, 6.45) is 2.71. The fourth-order valence-corrected chi connectivity index (χ4v) is 4.76. The van der Waals surface area contributed by atoms with Crippen LogP contribution in [0.5, 0.6) is 0 Å². The van der Waals surface area contributed by atoms with Crippen LogP contribution in [0.25, 0.3) is 0 Å². The first-order valence-electron chi connectivity index (χ1n) is 10.3.